The SMILES string of the molecule is O=C(CN1C(=O)/C(=C/c2ccccc2F)SC2CCCCC21)N1CCN(Cc2ccccc2)CC1. The van der Waals surface area contributed by atoms with Crippen molar-refractivity contribution in [3.63, 3.8) is 0 Å². The van der Waals surface area contributed by atoms with Crippen LogP contribution in [0.2, 0.25) is 0 Å². The summed E-state index contributed by atoms with van der Waals surface area (Å²) in [7, 11) is 0. The zero-order valence-corrected chi connectivity index (χ0v) is 20.8. The maximum absolute atomic E-state index is 14.3. The smallest absolute Gasteiger partial charge is 0.261 e. The molecule has 2 saturated heterocycles. The Morgan fingerprint density at radius 1 is 0.971 bits per heavy atom. The van der Waals surface area contributed by atoms with Crippen molar-refractivity contribution in [1.29, 1.82) is 0 Å². The van der Waals surface area contributed by atoms with Gasteiger partial charge in [-0.3, -0.25) is 14.5 Å². The number of halogens is 1. The van der Waals surface area contributed by atoms with Gasteiger partial charge >= 0.3 is 0 Å². The van der Waals surface area contributed by atoms with Crippen LogP contribution in [0.3, 0.4) is 0 Å². The maximum atomic E-state index is 14.3. The van der Waals surface area contributed by atoms with Gasteiger partial charge in [0.15, 0.2) is 0 Å². The lowest BCUT2D eigenvalue weighted by molar-refractivity contribution is -0.141. The average Bonchev–Trinajstić information content (AvgIpc) is 2.89. The first-order valence-corrected chi connectivity index (χ1v) is 13.4. The minimum atomic E-state index is -0.338. The topological polar surface area (TPSA) is 43.9 Å². The fourth-order valence-corrected chi connectivity index (χ4v) is 6.80. The normalized spacial score (nSPS) is 24.5. The number of hydrogen-bond donors (Lipinski definition) is 0. The van der Waals surface area contributed by atoms with Gasteiger partial charge in [-0.1, -0.05) is 61.4 Å². The third-order valence-corrected chi connectivity index (χ3v) is 8.69. The average molecular weight is 494 g/mol. The molecule has 2 aliphatic heterocycles. The van der Waals surface area contributed by atoms with E-state index < -0.39 is 0 Å². The van der Waals surface area contributed by atoms with Crippen molar-refractivity contribution < 1.29 is 14.0 Å². The molecule has 2 aromatic carbocycles. The molecule has 35 heavy (non-hydrogen) atoms. The van der Waals surface area contributed by atoms with E-state index in [9.17, 15) is 14.0 Å². The molecule has 3 aliphatic rings. The minimum absolute atomic E-state index is 0.0131. The largest absolute Gasteiger partial charge is 0.339 e. The van der Waals surface area contributed by atoms with Crippen LogP contribution in [0.15, 0.2) is 59.5 Å². The maximum Gasteiger partial charge on any atom is 0.261 e. The summed E-state index contributed by atoms with van der Waals surface area (Å²) in [5.41, 5.74) is 1.69. The molecule has 5 nitrogen and oxygen atoms in total. The fourth-order valence-electron chi connectivity index (χ4n) is 5.34. The molecular formula is C28H32FN3O2S. The Labute approximate surface area is 211 Å². The van der Waals surface area contributed by atoms with Gasteiger partial charge in [0, 0.05) is 49.6 Å². The molecule has 0 spiro atoms. The van der Waals surface area contributed by atoms with Crippen molar-refractivity contribution in [2.24, 2.45) is 0 Å². The number of benzene rings is 2. The monoisotopic (exact) mass is 493 g/mol. The zero-order chi connectivity index (χ0) is 24.2. The summed E-state index contributed by atoms with van der Waals surface area (Å²) in [4.78, 5) is 33.4. The molecule has 0 N–H and O–H groups in total. The summed E-state index contributed by atoms with van der Waals surface area (Å²) in [6.07, 6.45) is 5.80. The number of carbonyl (C=O) groups excluding carboxylic acids is 2. The first kappa shape index (κ1) is 24.1. The van der Waals surface area contributed by atoms with Crippen molar-refractivity contribution in [2.75, 3.05) is 32.7 Å². The summed E-state index contributed by atoms with van der Waals surface area (Å²) in [5, 5.41) is 0.259. The van der Waals surface area contributed by atoms with E-state index in [1.165, 1.54) is 11.6 Å². The molecule has 2 aromatic rings. The van der Waals surface area contributed by atoms with Crippen LogP contribution < -0.4 is 0 Å². The van der Waals surface area contributed by atoms with E-state index in [2.05, 4.69) is 29.2 Å². The summed E-state index contributed by atoms with van der Waals surface area (Å²) in [6, 6.07) is 17.0. The molecule has 2 heterocycles. The summed E-state index contributed by atoms with van der Waals surface area (Å²) >= 11 is 1.57. The number of amides is 2. The summed E-state index contributed by atoms with van der Waals surface area (Å²) in [6.45, 7) is 4.00. The second kappa shape index (κ2) is 11.0. The van der Waals surface area contributed by atoms with Gasteiger partial charge in [0.25, 0.3) is 5.91 Å². The van der Waals surface area contributed by atoms with Crippen LogP contribution in [0.4, 0.5) is 4.39 Å². The van der Waals surface area contributed by atoms with E-state index >= 15 is 0 Å². The number of nitrogens with zero attached hydrogens (tertiary/aromatic N) is 3. The van der Waals surface area contributed by atoms with Gasteiger partial charge in [0.05, 0.1) is 4.91 Å². The van der Waals surface area contributed by atoms with E-state index in [1.807, 2.05) is 11.0 Å². The van der Waals surface area contributed by atoms with Crippen molar-refractivity contribution >= 4 is 29.7 Å². The lowest BCUT2D eigenvalue weighted by atomic mass is 9.93. The molecule has 2 unspecified atom stereocenters. The fraction of sp³-hybridized carbons (Fsp3) is 0.429. The Bertz CT molecular complexity index is 1080. The molecule has 2 amide bonds. The number of fused-ring (bicyclic) bond motifs is 1. The highest BCUT2D eigenvalue weighted by Gasteiger charge is 2.41. The molecule has 0 radical (unpaired) electrons. The molecule has 0 aromatic heterocycles. The highest BCUT2D eigenvalue weighted by atomic mass is 32.2. The molecule has 2 atom stereocenters. The van der Waals surface area contributed by atoms with Crippen molar-refractivity contribution in [2.45, 2.75) is 43.5 Å². The van der Waals surface area contributed by atoms with Crippen molar-refractivity contribution in [1.82, 2.24) is 14.7 Å². The Morgan fingerprint density at radius 2 is 1.69 bits per heavy atom. The minimum Gasteiger partial charge on any atom is -0.339 e. The zero-order valence-electron chi connectivity index (χ0n) is 19.9. The number of hydrogen-bond acceptors (Lipinski definition) is 4. The van der Waals surface area contributed by atoms with Crippen LogP contribution in [0, 0.1) is 5.82 Å². The highest BCUT2D eigenvalue weighted by molar-refractivity contribution is 8.04. The van der Waals surface area contributed by atoms with Gasteiger partial charge in [0.2, 0.25) is 5.91 Å². The lowest BCUT2D eigenvalue weighted by Crippen LogP contribution is -2.56. The number of carbonyl (C=O) groups is 2. The Kier molecular flexibility index (Phi) is 7.54. The van der Waals surface area contributed by atoms with E-state index in [0.717, 1.165) is 45.3 Å². The molecule has 3 fully saturated rings. The predicted molar refractivity (Wildman–Crippen MR) is 138 cm³/mol. The van der Waals surface area contributed by atoms with Crippen molar-refractivity contribution in [3.05, 3.63) is 76.4 Å². The molecule has 5 rings (SSSR count). The first-order chi connectivity index (χ1) is 17.1. The van der Waals surface area contributed by atoms with Crippen molar-refractivity contribution in [3.8, 4) is 0 Å². The molecule has 7 heteroatoms. The van der Waals surface area contributed by atoms with E-state index in [4.69, 9.17) is 0 Å². The van der Waals surface area contributed by atoms with Crippen LogP contribution in [0.5, 0.6) is 0 Å². The van der Waals surface area contributed by atoms with Gasteiger partial charge in [0.1, 0.15) is 12.4 Å². The van der Waals surface area contributed by atoms with Crippen LogP contribution in [-0.2, 0) is 16.1 Å². The van der Waals surface area contributed by atoms with Crippen LogP contribution in [0.1, 0.15) is 36.8 Å². The lowest BCUT2D eigenvalue weighted by Gasteiger charge is -2.44. The predicted octanol–water partition coefficient (Wildman–Crippen LogP) is 4.40. The van der Waals surface area contributed by atoms with Crippen LogP contribution in [-0.4, -0.2) is 70.5 Å². The number of rotatable bonds is 5. The van der Waals surface area contributed by atoms with E-state index in [1.54, 1.807) is 40.9 Å². The summed E-state index contributed by atoms with van der Waals surface area (Å²) < 4.78 is 14.3. The van der Waals surface area contributed by atoms with E-state index in [-0.39, 0.29) is 35.5 Å². The molecular weight excluding hydrogens is 461 g/mol. The van der Waals surface area contributed by atoms with Gasteiger partial charge in [-0.15, -0.1) is 11.8 Å². The quantitative estimate of drug-likeness (QED) is 0.580. The van der Waals surface area contributed by atoms with Crippen LogP contribution >= 0.6 is 11.8 Å². The highest BCUT2D eigenvalue weighted by Crippen LogP contribution is 2.42. The molecule has 1 aliphatic carbocycles. The van der Waals surface area contributed by atoms with Gasteiger partial charge in [-0.2, -0.15) is 0 Å². The van der Waals surface area contributed by atoms with Gasteiger partial charge in [-0.05, 0) is 30.5 Å². The van der Waals surface area contributed by atoms with E-state index in [0.29, 0.717) is 23.6 Å². The van der Waals surface area contributed by atoms with Crippen LogP contribution in [0.25, 0.3) is 6.08 Å². The summed E-state index contributed by atoms with van der Waals surface area (Å²) in [5.74, 6) is -0.466. The molecule has 0 bridgehead atoms. The standard InChI is InChI=1S/C28H32FN3O2S/c29-23-11-5-4-10-22(23)18-26-28(34)32(24-12-6-7-13-25(24)35-26)20-27(33)31-16-14-30(15-17-31)19-21-8-2-1-3-9-21/h1-5,8-11,18,24-25H,6-7,12-17,19-20H2/b26-18-. The molecule has 1 saturated carbocycles. The second-order valence-corrected chi connectivity index (χ2v) is 10.9. The Morgan fingerprint density at radius 3 is 2.46 bits per heavy atom. The molecule has 184 valence electrons. The third kappa shape index (κ3) is 5.62. The number of thioether (sulfide) groups is 1. The first-order valence-electron chi connectivity index (χ1n) is 12.6. The van der Waals surface area contributed by atoms with Gasteiger partial charge in [-0.25, -0.2) is 4.39 Å². The Hall–Kier alpha value is -2.64. The second-order valence-electron chi connectivity index (χ2n) is 9.61. The third-order valence-electron chi connectivity index (χ3n) is 7.29. The number of piperazine rings is 1. The van der Waals surface area contributed by atoms with Gasteiger partial charge < -0.3 is 9.80 Å². The Balaban J connectivity index is 1.25.